The molecule has 31 heavy (non-hydrogen) atoms. The van der Waals surface area contributed by atoms with Crippen LogP contribution in [-0.2, 0) is 0 Å². The van der Waals surface area contributed by atoms with E-state index in [1.165, 1.54) is 19.3 Å². The highest BCUT2D eigenvalue weighted by molar-refractivity contribution is 6.34. The van der Waals surface area contributed by atoms with E-state index in [4.69, 9.17) is 16.6 Å². The standard InChI is InChI=1S/C25H29ClN4O/c1-27-25(31)19-11-10-18(14-21(19)26)23-15-24(20-8-2-3-9-22(20)30-23)29-13-5-7-17-6-4-12-28-16-17/h2-3,8-11,14-15,17,28H,4-7,12-13,16H2,1H3,(H,27,31)(H,29,30). The fourth-order valence-corrected chi connectivity index (χ4v) is 4.51. The summed E-state index contributed by atoms with van der Waals surface area (Å²) in [5.41, 5.74) is 4.20. The average Bonchev–Trinajstić information content (AvgIpc) is 2.81. The van der Waals surface area contributed by atoms with E-state index < -0.39 is 0 Å². The molecule has 1 amide bonds. The highest BCUT2D eigenvalue weighted by Gasteiger charge is 2.14. The fourth-order valence-electron chi connectivity index (χ4n) is 4.25. The minimum Gasteiger partial charge on any atom is -0.384 e. The molecule has 6 heteroatoms. The number of pyridine rings is 1. The van der Waals surface area contributed by atoms with Crippen molar-refractivity contribution in [2.24, 2.45) is 5.92 Å². The Morgan fingerprint density at radius 1 is 1.23 bits per heavy atom. The van der Waals surface area contributed by atoms with Gasteiger partial charge >= 0.3 is 0 Å². The lowest BCUT2D eigenvalue weighted by atomic mass is 9.95. The molecular weight excluding hydrogens is 408 g/mol. The summed E-state index contributed by atoms with van der Waals surface area (Å²) in [5, 5.41) is 11.3. The van der Waals surface area contributed by atoms with Crippen LogP contribution in [0.3, 0.4) is 0 Å². The summed E-state index contributed by atoms with van der Waals surface area (Å²) in [7, 11) is 1.60. The van der Waals surface area contributed by atoms with E-state index in [0.717, 1.165) is 59.8 Å². The number of rotatable bonds is 7. The molecule has 2 aromatic carbocycles. The van der Waals surface area contributed by atoms with Gasteiger partial charge in [0.05, 0.1) is 21.8 Å². The number of carbonyl (C=O) groups excluding carboxylic acids is 1. The van der Waals surface area contributed by atoms with Crippen molar-refractivity contribution in [1.29, 1.82) is 0 Å². The van der Waals surface area contributed by atoms with Gasteiger partial charge in [-0.05, 0) is 69.0 Å². The molecule has 1 aliphatic rings. The first-order chi connectivity index (χ1) is 15.2. The van der Waals surface area contributed by atoms with E-state index in [1.807, 2.05) is 30.3 Å². The van der Waals surface area contributed by atoms with Gasteiger partial charge in [0, 0.05) is 30.2 Å². The number of piperidine rings is 1. The quantitative estimate of drug-likeness (QED) is 0.450. The topological polar surface area (TPSA) is 66.1 Å². The molecule has 5 nitrogen and oxygen atoms in total. The van der Waals surface area contributed by atoms with Crippen LogP contribution in [0.5, 0.6) is 0 Å². The third kappa shape index (κ3) is 5.17. The first kappa shape index (κ1) is 21.6. The molecule has 1 aromatic heterocycles. The first-order valence-electron chi connectivity index (χ1n) is 11.0. The normalized spacial score (nSPS) is 16.3. The molecule has 3 N–H and O–H groups in total. The molecule has 0 aliphatic carbocycles. The largest absolute Gasteiger partial charge is 0.384 e. The van der Waals surface area contributed by atoms with E-state index in [-0.39, 0.29) is 5.91 Å². The Kier molecular flexibility index (Phi) is 7.05. The van der Waals surface area contributed by atoms with Gasteiger partial charge in [-0.2, -0.15) is 0 Å². The van der Waals surface area contributed by atoms with Crippen LogP contribution in [0.15, 0.2) is 48.5 Å². The molecular formula is C25H29ClN4O. The second kappa shape index (κ2) is 10.1. The Morgan fingerprint density at radius 2 is 2.10 bits per heavy atom. The van der Waals surface area contributed by atoms with Crippen LogP contribution in [0.1, 0.15) is 36.0 Å². The SMILES string of the molecule is CNC(=O)c1ccc(-c2cc(NCCCC3CCCNC3)c3ccccc3n2)cc1Cl. The summed E-state index contributed by atoms with van der Waals surface area (Å²) in [5.74, 6) is 0.597. The van der Waals surface area contributed by atoms with Crippen molar-refractivity contribution in [3.05, 3.63) is 59.1 Å². The molecule has 1 atom stereocenters. The Bertz CT molecular complexity index is 1060. The Labute approximate surface area is 188 Å². The molecule has 0 saturated carbocycles. The second-order valence-electron chi connectivity index (χ2n) is 8.13. The third-order valence-electron chi connectivity index (χ3n) is 5.96. The highest BCUT2D eigenvalue weighted by atomic mass is 35.5. The Balaban J connectivity index is 1.55. The van der Waals surface area contributed by atoms with Gasteiger partial charge in [-0.1, -0.05) is 35.9 Å². The van der Waals surface area contributed by atoms with Crippen molar-refractivity contribution in [2.75, 3.05) is 32.0 Å². The molecule has 2 heterocycles. The molecule has 4 rings (SSSR count). The third-order valence-corrected chi connectivity index (χ3v) is 6.27. The highest BCUT2D eigenvalue weighted by Crippen LogP contribution is 2.31. The maximum absolute atomic E-state index is 11.9. The molecule has 0 radical (unpaired) electrons. The first-order valence-corrected chi connectivity index (χ1v) is 11.4. The predicted molar refractivity (Wildman–Crippen MR) is 129 cm³/mol. The number of anilines is 1. The summed E-state index contributed by atoms with van der Waals surface area (Å²) in [6.45, 7) is 3.24. The van der Waals surface area contributed by atoms with Crippen molar-refractivity contribution < 1.29 is 4.79 Å². The van der Waals surface area contributed by atoms with E-state index in [1.54, 1.807) is 13.1 Å². The molecule has 1 saturated heterocycles. The second-order valence-corrected chi connectivity index (χ2v) is 8.53. The predicted octanol–water partition coefficient (Wildman–Crippen LogP) is 5.11. The number of nitrogens with one attached hydrogen (secondary N) is 3. The van der Waals surface area contributed by atoms with Crippen molar-refractivity contribution in [3.63, 3.8) is 0 Å². The summed E-state index contributed by atoms with van der Waals surface area (Å²) in [6, 6.07) is 15.7. The average molecular weight is 437 g/mol. The maximum Gasteiger partial charge on any atom is 0.252 e. The van der Waals surface area contributed by atoms with E-state index >= 15 is 0 Å². The smallest absolute Gasteiger partial charge is 0.252 e. The summed E-state index contributed by atoms with van der Waals surface area (Å²) < 4.78 is 0. The van der Waals surface area contributed by atoms with Gasteiger partial charge in [-0.3, -0.25) is 4.79 Å². The molecule has 162 valence electrons. The number of carbonyl (C=O) groups is 1. The number of hydrogen-bond donors (Lipinski definition) is 3. The van der Waals surface area contributed by atoms with Gasteiger partial charge in [-0.25, -0.2) is 4.98 Å². The number of nitrogens with zero attached hydrogens (tertiary/aromatic N) is 1. The van der Waals surface area contributed by atoms with Crippen LogP contribution in [0, 0.1) is 5.92 Å². The number of benzene rings is 2. The van der Waals surface area contributed by atoms with Gasteiger partial charge in [0.25, 0.3) is 5.91 Å². The maximum atomic E-state index is 11.9. The fraction of sp³-hybridized carbons (Fsp3) is 0.360. The van der Waals surface area contributed by atoms with Gasteiger partial charge in [0.1, 0.15) is 0 Å². The minimum atomic E-state index is -0.196. The molecule has 3 aromatic rings. The number of para-hydroxylation sites is 1. The zero-order chi connectivity index (χ0) is 21.6. The zero-order valence-corrected chi connectivity index (χ0v) is 18.6. The van der Waals surface area contributed by atoms with Crippen molar-refractivity contribution in [2.45, 2.75) is 25.7 Å². The molecule has 0 spiro atoms. The lowest BCUT2D eigenvalue weighted by molar-refractivity contribution is 0.0963. The van der Waals surface area contributed by atoms with Gasteiger partial charge in [-0.15, -0.1) is 0 Å². The van der Waals surface area contributed by atoms with Crippen molar-refractivity contribution in [1.82, 2.24) is 15.6 Å². The van der Waals surface area contributed by atoms with Crippen LogP contribution < -0.4 is 16.0 Å². The monoisotopic (exact) mass is 436 g/mol. The van der Waals surface area contributed by atoms with Gasteiger partial charge in [0.2, 0.25) is 0 Å². The number of hydrogen-bond acceptors (Lipinski definition) is 4. The van der Waals surface area contributed by atoms with Crippen LogP contribution >= 0.6 is 11.6 Å². The molecule has 1 aliphatic heterocycles. The summed E-state index contributed by atoms with van der Waals surface area (Å²) in [6.07, 6.45) is 5.01. The van der Waals surface area contributed by atoms with Gasteiger partial charge in [0.15, 0.2) is 0 Å². The summed E-state index contributed by atoms with van der Waals surface area (Å²) in [4.78, 5) is 16.8. The number of aromatic nitrogens is 1. The number of amides is 1. The van der Waals surface area contributed by atoms with Crippen LogP contribution in [-0.4, -0.2) is 37.6 Å². The van der Waals surface area contributed by atoms with Crippen LogP contribution in [0.2, 0.25) is 5.02 Å². The van der Waals surface area contributed by atoms with E-state index in [9.17, 15) is 4.79 Å². The minimum absolute atomic E-state index is 0.196. The molecule has 1 unspecified atom stereocenters. The van der Waals surface area contributed by atoms with E-state index in [0.29, 0.717) is 10.6 Å². The molecule has 1 fully saturated rings. The Hall–Kier alpha value is -2.63. The van der Waals surface area contributed by atoms with Crippen molar-refractivity contribution in [3.8, 4) is 11.3 Å². The van der Waals surface area contributed by atoms with Crippen LogP contribution in [0.25, 0.3) is 22.2 Å². The summed E-state index contributed by atoms with van der Waals surface area (Å²) >= 11 is 6.38. The lowest BCUT2D eigenvalue weighted by Crippen LogP contribution is -2.29. The lowest BCUT2D eigenvalue weighted by Gasteiger charge is -2.22. The number of halogens is 1. The number of fused-ring (bicyclic) bond motifs is 1. The van der Waals surface area contributed by atoms with Gasteiger partial charge < -0.3 is 16.0 Å². The van der Waals surface area contributed by atoms with Crippen LogP contribution in [0.4, 0.5) is 5.69 Å². The Morgan fingerprint density at radius 3 is 2.87 bits per heavy atom. The van der Waals surface area contributed by atoms with Crippen molar-refractivity contribution >= 4 is 34.1 Å². The van der Waals surface area contributed by atoms with E-state index in [2.05, 4.69) is 28.1 Å². The molecule has 0 bridgehead atoms. The zero-order valence-electron chi connectivity index (χ0n) is 17.9.